The largest absolute Gasteiger partial charge is 0.495 e. The molecule has 0 bridgehead atoms. The summed E-state index contributed by atoms with van der Waals surface area (Å²) in [6.07, 6.45) is 0.333. The summed E-state index contributed by atoms with van der Waals surface area (Å²) in [6, 6.07) is 3.23. The van der Waals surface area contributed by atoms with Crippen LogP contribution in [0.3, 0.4) is 0 Å². The fourth-order valence-electron chi connectivity index (χ4n) is 1.97. The third-order valence-electron chi connectivity index (χ3n) is 3.14. The Bertz CT molecular complexity index is 573. The second kappa shape index (κ2) is 7.49. The zero-order valence-electron chi connectivity index (χ0n) is 13.1. The molecule has 7 heteroatoms. The minimum absolute atomic E-state index is 0.00604. The fraction of sp³-hybridized carbons (Fsp3) is 0.467. The molecule has 6 nitrogen and oxygen atoms in total. The van der Waals surface area contributed by atoms with Crippen molar-refractivity contribution in [3.63, 3.8) is 0 Å². The Morgan fingerprint density at radius 3 is 2.55 bits per heavy atom. The standard InChI is InChI=1S/C15H21BrN2O4/c1-9-7-10(16)8-11(22-4)13(9)17-14(21)18-15(2,3)6-5-12(19)20/h7-8H,5-6H2,1-4H3,(H,19,20)(H2,17,18,21). The molecule has 1 aromatic carbocycles. The molecule has 0 aliphatic rings. The summed E-state index contributed by atoms with van der Waals surface area (Å²) in [4.78, 5) is 22.8. The third kappa shape index (κ3) is 5.55. The van der Waals surface area contributed by atoms with Crippen LogP contribution in [0.15, 0.2) is 16.6 Å². The Kier molecular flexibility index (Phi) is 6.22. The van der Waals surface area contributed by atoms with E-state index in [0.29, 0.717) is 17.9 Å². The van der Waals surface area contributed by atoms with Gasteiger partial charge in [-0.15, -0.1) is 0 Å². The molecule has 1 aromatic rings. The zero-order valence-corrected chi connectivity index (χ0v) is 14.7. The van der Waals surface area contributed by atoms with E-state index in [-0.39, 0.29) is 6.42 Å². The number of rotatable bonds is 6. The number of anilines is 1. The summed E-state index contributed by atoms with van der Waals surface area (Å²) in [5.74, 6) is -0.342. The molecule has 0 saturated heterocycles. The van der Waals surface area contributed by atoms with E-state index < -0.39 is 17.5 Å². The number of aryl methyl sites for hydroxylation is 1. The second-order valence-electron chi connectivity index (χ2n) is 5.66. The van der Waals surface area contributed by atoms with Crippen LogP contribution in [-0.4, -0.2) is 29.8 Å². The van der Waals surface area contributed by atoms with E-state index in [9.17, 15) is 9.59 Å². The summed E-state index contributed by atoms with van der Waals surface area (Å²) < 4.78 is 6.12. The molecule has 0 unspecified atom stereocenters. The van der Waals surface area contributed by atoms with Crippen LogP contribution in [0.2, 0.25) is 0 Å². The number of carboxylic acids is 1. The number of urea groups is 1. The molecule has 0 heterocycles. The highest BCUT2D eigenvalue weighted by molar-refractivity contribution is 9.10. The van der Waals surface area contributed by atoms with Crippen LogP contribution < -0.4 is 15.4 Å². The maximum absolute atomic E-state index is 12.1. The molecule has 2 amide bonds. The van der Waals surface area contributed by atoms with Gasteiger partial charge in [-0.25, -0.2) is 4.79 Å². The third-order valence-corrected chi connectivity index (χ3v) is 3.60. The molecular formula is C15H21BrN2O4. The molecule has 0 fully saturated rings. The predicted molar refractivity (Wildman–Crippen MR) is 88.5 cm³/mol. The number of carbonyl (C=O) groups excluding carboxylic acids is 1. The molecule has 0 saturated carbocycles. The molecule has 3 N–H and O–H groups in total. The topological polar surface area (TPSA) is 87.7 Å². The predicted octanol–water partition coefficient (Wildman–Crippen LogP) is 3.53. The van der Waals surface area contributed by atoms with Crippen LogP contribution in [-0.2, 0) is 4.79 Å². The van der Waals surface area contributed by atoms with Gasteiger partial charge in [-0.2, -0.15) is 0 Å². The lowest BCUT2D eigenvalue weighted by Gasteiger charge is -2.26. The van der Waals surface area contributed by atoms with E-state index in [1.165, 1.54) is 7.11 Å². The SMILES string of the molecule is COc1cc(Br)cc(C)c1NC(=O)NC(C)(C)CCC(=O)O. The molecule has 0 radical (unpaired) electrons. The Hall–Kier alpha value is -1.76. The summed E-state index contributed by atoms with van der Waals surface area (Å²) in [5.41, 5.74) is 0.806. The van der Waals surface area contributed by atoms with Crippen molar-refractivity contribution in [2.75, 3.05) is 12.4 Å². The van der Waals surface area contributed by atoms with Crippen molar-refractivity contribution < 1.29 is 19.4 Å². The first-order valence-corrected chi connectivity index (χ1v) is 7.59. The molecule has 1 rings (SSSR count). The van der Waals surface area contributed by atoms with Gasteiger partial charge in [-0.05, 0) is 44.9 Å². The van der Waals surface area contributed by atoms with Crippen LogP contribution in [0, 0.1) is 6.92 Å². The van der Waals surface area contributed by atoms with Crippen molar-refractivity contribution in [3.8, 4) is 5.75 Å². The van der Waals surface area contributed by atoms with Gasteiger partial charge in [0.25, 0.3) is 0 Å². The normalized spacial score (nSPS) is 11.0. The average Bonchev–Trinajstić information content (AvgIpc) is 2.38. The number of methoxy groups -OCH3 is 1. The number of hydrogen-bond acceptors (Lipinski definition) is 3. The van der Waals surface area contributed by atoms with Gasteiger partial charge in [-0.3, -0.25) is 4.79 Å². The number of ether oxygens (including phenoxy) is 1. The molecule has 0 aliphatic heterocycles. The number of carboxylic acid groups (broad SMARTS) is 1. The van der Waals surface area contributed by atoms with Crippen molar-refractivity contribution in [1.82, 2.24) is 5.32 Å². The Balaban J connectivity index is 2.79. The highest BCUT2D eigenvalue weighted by Crippen LogP contribution is 2.32. The summed E-state index contributed by atoms with van der Waals surface area (Å²) in [6.45, 7) is 5.42. The molecule has 0 aliphatic carbocycles. The first-order valence-electron chi connectivity index (χ1n) is 6.80. The summed E-state index contributed by atoms with van der Waals surface area (Å²) in [7, 11) is 1.53. The van der Waals surface area contributed by atoms with Gasteiger partial charge < -0.3 is 20.5 Å². The van der Waals surface area contributed by atoms with Crippen LogP contribution in [0.5, 0.6) is 5.75 Å². The maximum atomic E-state index is 12.1. The van der Waals surface area contributed by atoms with Gasteiger partial charge in [0.1, 0.15) is 5.75 Å². The van der Waals surface area contributed by atoms with Crippen LogP contribution in [0.25, 0.3) is 0 Å². The quantitative estimate of drug-likeness (QED) is 0.712. The monoisotopic (exact) mass is 372 g/mol. The maximum Gasteiger partial charge on any atom is 0.319 e. The van der Waals surface area contributed by atoms with Crippen molar-refractivity contribution in [2.24, 2.45) is 0 Å². The Labute approximate surface area is 138 Å². The molecule has 122 valence electrons. The van der Waals surface area contributed by atoms with Crippen molar-refractivity contribution in [3.05, 3.63) is 22.2 Å². The smallest absolute Gasteiger partial charge is 0.319 e. The van der Waals surface area contributed by atoms with Gasteiger partial charge >= 0.3 is 12.0 Å². The highest BCUT2D eigenvalue weighted by atomic mass is 79.9. The van der Waals surface area contributed by atoms with Gasteiger partial charge in [0.2, 0.25) is 0 Å². The fourth-order valence-corrected chi connectivity index (χ4v) is 2.52. The van der Waals surface area contributed by atoms with Gasteiger partial charge in [-0.1, -0.05) is 15.9 Å². The lowest BCUT2D eigenvalue weighted by molar-refractivity contribution is -0.137. The van der Waals surface area contributed by atoms with E-state index in [2.05, 4.69) is 26.6 Å². The number of aliphatic carboxylic acids is 1. The van der Waals surface area contributed by atoms with Gasteiger partial charge in [0, 0.05) is 16.4 Å². The van der Waals surface area contributed by atoms with E-state index in [1.54, 1.807) is 19.9 Å². The number of halogens is 1. The van der Waals surface area contributed by atoms with Crippen LogP contribution in [0.4, 0.5) is 10.5 Å². The van der Waals surface area contributed by atoms with Crippen LogP contribution >= 0.6 is 15.9 Å². The molecule has 22 heavy (non-hydrogen) atoms. The van der Waals surface area contributed by atoms with Crippen molar-refractivity contribution >= 4 is 33.6 Å². The van der Waals surface area contributed by atoms with Crippen LogP contribution in [0.1, 0.15) is 32.3 Å². The van der Waals surface area contributed by atoms with Crippen molar-refractivity contribution in [2.45, 2.75) is 39.2 Å². The molecule has 0 aromatic heterocycles. The Morgan fingerprint density at radius 1 is 1.36 bits per heavy atom. The summed E-state index contributed by atoms with van der Waals surface area (Å²) >= 11 is 3.37. The minimum Gasteiger partial charge on any atom is -0.495 e. The number of amides is 2. The number of nitrogens with one attached hydrogen (secondary N) is 2. The lowest BCUT2D eigenvalue weighted by Crippen LogP contribution is -2.45. The number of benzene rings is 1. The number of carbonyl (C=O) groups is 2. The van der Waals surface area contributed by atoms with Gasteiger partial charge in [0.05, 0.1) is 12.8 Å². The second-order valence-corrected chi connectivity index (χ2v) is 6.57. The average molecular weight is 373 g/mol. The first kappa shape index (κ1) is 18.3. The zero-order chi connectivity index (χ0) is 16.9. The molecular weight excluding hydrogens is 352 g/mol. The first-order chi connectivity index (χ1) is 10.1. The summed E-state index contributed by atoms with van der Waals surface area (Å²) in [5, 5.41) is 14.3. The molecule has 0 atom stereocenters. The lowest BCUT2D eigenvalue weighted by atomic mass is 9.99. The van der Waals surface area contributed by atoms with E-state index in [0.717, 1.165) is 10.0 Å². The van der Waals surface area contributed by atoms with Gasteiger partial charge in [0.15, 0.2) is 0 Å². The van der Waals surface area contributed by atoms with E-state index >= 15 is 0 Å². The van der Waals surface area contributed by atoms with Crippen molar-refractivity contribution in [1.29, 1.82) is 0 Å². The Morgan fingerprint density at radius 2 is 2.00 bits per heavy atom. The molecule has 0 spiro atoms. The number of hydrogen-bond donors (Lipinski definition) is 3. The minimum atomic E-state index is -0.888. The van der Waals surface area contributed by atoms with E-state index in [1.807, 2.05) is 13.0 Å². The van der Waals surface area contributed by atoms with E-state index in [4.69, 9.17) is 9.84 Å². The highest BCUT2D eigenvalue weighted by Gasteiger charge is 2.22.